The Morgan fingerprint density at radius 2 is 1.38 bits per heavy atom. The van der Waals surface area contributed by atoms with E-state index in [2.05, 4.69) is 72.1 Å². The van der Waals surface area contributed by atoms with Crippen molar-refractivity contribution in [3.8, 4) is 0 Å². The van der Waals surface area contributed by atoms with E-state index in [1.54, 1.807) is 0 Å². The van der Waals surface area contributed by atoms with Gasteiger partial charge in [0.15, 0.2) is 0 Å². The van der Waals surface area contributed by atoms with Crippen LogP contribution < -0.4 is 0 Å². The molecule has 0 N–H and O–H groups in total. The molecule has 1 rings (SSSR count). The first-order valence-corrected chi connectivity index (χ1v) is 9.89. The Labute approximate surface area is 165 Å². The van der Waals surface area contributed by atoms with Gasteiger partial charge in [-0.25, -0.2) is 0 Å². The minimum atomic E-state index is 0.874. The predicted molar refractivity (Wildman–Crippen MR) is 123 cm³/mol. The van der Waals surface area contributed by atoms with E-state index >= 15 is 0 Å². The topological polar surface area (TPSA) is 0 Å². The second-order valence-electron chi connectivity index (χ2n) is 5.80. The van der Waals surface area contributed by atoms with Gasteiger partial charge in [0.25, 0.3) is 0 Å². The minimum Gasteiger partial charge on any atom is -0.0958 e. The van der Waals surface area contributed by atoms with Crippen LogP contribution >= 0.6 is 0 Å². The van der Waals surface area contributed by atoms with E-state index in [1.165, 1.54) is 28.7 Å². The fourth-order valence-electron chi connectivity index (χ4n) is 1.74. The van der Waals surface area contributed by atoms with Crippen LogP contribution in [0.25, 0.3) is 5.57 Å². The lowest BCUT2D eigenvalue weighted by Crippen LogP contribution is -1.88. The van der Waals surface area contributed by atoms with E-state index in [1.807, 2.05) is 46.8 Å². The van der Waals surface area contributed by atoms with Gasteiger partial charge in [-0.3, -0.25) is 0 Å². The van der Waals surface area contributed by atoms with Crippen LogP contribution in [0.5, 0.6) is 0 Å². The second-order valence-corrected chi connectivity index (χ2v) is 5.80. The molecule has 26 heavy (non-hydrogen) atoms. The maximum Gasteiger partial charge on any atom is -0.00372 e. The monoisotopic (exact) mass is 354 g/mol. The number of allylic oxidation sites excluding steroid dienone is 6. The molecule has 0 unspecified atom stereocenters. The molecule has 0 saturated heterocycles. The SMILES string of the molecule is C=C(C)/C(C)=C/C=C(\C)CC(=C)c1cc#ccc1C.CC.CC.CCC. The number of hydrogen-bond donors (Lipinski definition) is 0. The van der Waals surface area contributed by atoms with Gasteiger partial charge >= 0.3 is 0 Å². The van der Waals surface area contributed by atoms with Gasteiger partial charge in [-0.05, 0) is 68.5 Å². The first-order valence-electron chi connectivity index (χ1n) is 9.89. The smallest absolute Gasteiger partial charge is 0.00372 e. The summed E-state index contributed by atoms with van der Waals surface area (Å²) in [6.45, 7) is 28.7. The molecule has 0 nitrogen and oxygen atoms in total. The third-order valence-corrected chi connectivity index (χ3v) is 3.18. The average Bonchev–Trinajstić information content (AvgIpc) is 2.64. The van der Waals surface area contributed by atoms with Crippen molar-refractivity contribution >= 4 is 5.57 Å². The molecule has 0 aliphatic carbocycles. The summed E-state index contributed by atoms with van der Waals surface area (Å²) in [5, 5.41) is 0. The van der Waals surface area contributed by atoms with Crippen molar-refractivity contribution < 1.29 is 0 Å². The predicted octanol–water partition coefficient (Wildman–Crippen LogP) is 8.94. The van der Waals surface area contributed by atoms with Gasteiger partial charge in [-0.1, -0.05) is 96.6 Å². The first kappa shape index (κ1) is 28.8. The summed E-state index contributed by atoms with van der Waals surface area (Å²) in [6, 6.07) is 9.86. The van der Waals surface area contributed by atoms with Crippen LogP contribution in [0.15, 0.2) is 54.2 Å². The van der Waals surface area contributed by atoms with Gasteiger partial charge < -0.3 is 0 Å². The van der Waals surface area contributed by atoms with E-state index < -0.39 is 0 Å². The van der Waals surface area contributed by atoms with Crippen LogP contribution in [0.2, 0.25) is 0 Å². The van der Waals surface area contributed by atoms with E-state index in [0.717, 1.165) is 17.6 Å². The lowest BCUT2D eigenvalue weighted by molar-refractivity contribution is 1.09. The van der Waals surface area contributed by atoms with Gasteiger partial charge in [0.2, 0.25) is 0 Å². The molecule has 0 aliphatic rings. The average molecular weight is 355 g/mol. The number of hydrogen-bond acceptors (Lipinski definition) is 0. The lowest BCUT2D eigenvalue weighted by Gasteiger charge is -2.08. The highest BCUT2D eigenvalue weighted by Gasteiger charge is 2.02. The maximum absolute atomic E-state index is 4.17. The molecule has 1 aromatic rings. The molecular weight excluding hydrogens is 312 g/mol. The molecule has 0 aliphatic heterocycles. The van der Waals surface area contributed by atoms with Crippen LogP contribution in [0.3, 0.4) is 0 Å². The van der Waals surface area contributed by atoms with Gasteiger partial charge in [0, 0.05) is 0 Å². The Morgan fingerprint density at radius 3 is 1.81 bits per heavy atom. The van der Waals surface area contributed by atoms with Crippen LogP contribution in [0, 0.1) is 19.1 Å². The Hall–Kier alpha value is -2.00. The summed E-state index contributed by atoms with van der Waals surface area (Å²) in [6.07, 6.45) is 6.38. The zero-order valence-corrected chi connectivity index (χ0v) is 19.1. The summed E-state index contributed by atoms with van der Waals surface area (Å²) < 4.78 is 0. The van der Waals surface area contributed by atoms with Gasteiger partial charge in [0.1, 0.15) is 0 Å². The van der Waals surface area contributed by atoms with Crippen LogP contribution in [0.4, 0.5) is 0 Å². The lowest BCUT2D eigenvalue weighted by atomic mass is 9.97. The molecule has 0 spiro atoms. The highest BCUT2D eigenvalue weighted by atomic mass is 14.1. The normalized spacial score (nSPS) is 9.92. The fraction of sp³-hybridized carbons (Fsp3) is 0.462. The molecule has 0 amide bonds. The summed E-state index contributed by atoms with van der Waals surface area (Å²) in [4.78, 5) is 0. The van der Waals surface area contributed by atoms with Gasteiger partial charge in [0.05, 0.1) is 0 Å². The molecule has 0 bridgehead atoms. The number of aryl methyl sites for hydroxylation is 1. The van der Waals surface area contributed by atoms with Gasteiger partial charge in [-0.15, -0.1) is 0 Å². The largest absolute Gasteiger partial charge is 0.0958 e. The van der Waals surface area contributed by atoms with E-state index in [9.17, 15) is 0 Å². The van der Waals surface area contributed by atoms with E-state index in [-0.39, 0.29) is 0 Å². The standard InChI is InChI=1S/C19H22.C3H8.2C2H6/c1-14(2)16(4)12-11-15(3)13-18(6)19-10-8-7-9-17(19)5;1-3-2;2*1-2/h9-12H,1,6,13H2,2-5H3;3H2,1-2H3;2*1-2H3/b15-11+,16-12+;;;. The van der Waals surface area contributed by atoms with E-state index in [4.69, 9.17) is 0 Å². The third kappa shape index (κ3) is 14.4. The molecule has 0 heteroatoms. The van der Waals surface area contributed by atoms with Crippen molar-refractivity contribution in [3.63, 3.8) is 0 Å². The first-order chi connectivity index (χ1) is 12.3. The van der Waals surface area contributed by atoms with Crippen molar-refractivity contribution in [1.29, 1.82) is 0 Å². The maximum atomic E-state index is 4.17. The minimum absolute atomic E-state index is 0.874. The Kier molecular flexibility index (Phi) is 21.4. The fourth-order valence-corrected chi connectivity index (χ4v) is 1.74. The van der Waals surface area contributed by atoms with Crippen molar-refractivity contribution in [1.82, 2.24) is 0 Å². The zero-order chi connectivity index (χ0) is 21.1. The molecule has 0 saturated carbocycles. The summed E-state index contributed by atoms with van der Waals surface area (Å²) in [5.74, 6) is 0. The molecule has 0 heterocycles. The van der Waals surface area contributed by atoms with Crippen LogP contribution in [-0.2, 0) is 0 Å². The number of rotatable bonds is 5. The van der Waals surface area contributed by atoms with E-state index in [0.29, 0.717) is 0 Å². The Bertz CT molecular complexity index is 553. The molecule has 0 atom stereocenters. The Morgan fingerprint density at radius 1 is 0.923 bits per heavy atom. The highest BCUT2D eigenvalue weighted by Crippen LogP contribution is 2.22. The second kappa shape index (κ2) is 19.3. The summed E-state index contributed by atoms with van der Waals surface area (Å²) >= 11 is 0. The summed E-state index contributed by atoms with van der Waals surface area (Å²) in [7, 11) is 0. The van der Waals surface area contributed by atoms with Crippen LogP contribution in [0.1, 0.15) is 86.3 Å². The van der Waals surface area contributed by atoms with Crippen molar-refractivity contribution in [2.45, 2.75) is 82.1 Å². The Balaban J connectivity index is -0.000000663. The van der Waals surface area contributed by atoms with Gasteiger partial charge in [-0.2, -0.15) is 0 Å². The van der Waals surface area contributed by atoms with Crippen molar-refractivity contribution in [3.05, 3.63) is 77.4 Å². The molecule has 146 valence electrons. The molecular formula is C26H42. The molecule has 0 fully saturated rings. The summed E-state index contributed by atoms with van der Waals surface area (Å²) in [5.41, 5.74) is 7.10. The van der Waals surface area contributed by atoms with Crippen molar-refractivity contribution in [2.75, 3.05) is 0 Å². The quantitative estimate of drug-likeness (QED) is 0.463. The molecule has 0 aromatic heterocycles. The highest BCUT2D eigenvalue weighted by molar-refractivity contribution is 5.67. The third-order valence-electron chi connectivity index (χ3n) is 3.18. The zero-order valence-electron chi connectivity index (χ0n) is 19.1. The molecule has 0 radical (unpaired) electrons. The molecule has 1 aromatic carbocycles. The van der Waals surface area contributed by atoms with Crippen LogP contribution in [-0.4, -0.2) is 0 Å². The van der Waals surface area contributed by atoms with Crippen molar-refractivity contribution in [2.24, 2.45) is 0 Å².